The van der Waals surface area contributed by atoms with Gasteiger partial charge in [-0.15, -0.1) is 0 Å². The molecule has 0 fully saturated rings. The third-order valence-corrected chi connectivity index (χ3v) is 4.95. The summed E-state index contributed by atoms with van der Waals surface area (Å²) < 4.78 is 5.88. The number of aromatic nitrogens is 2. The van der Waals surface area contributed by atoms with Crippen molar-refractivity contribution in [2.45, 2.75) is 26.7 Å². The van der Waals surface area contributed by atoms with Gasteiger partial charge in [0.05, 0.1) is 17.6 Å². The van der Waals surface area contributed by atoms with Gasteiger partial charge in [-0.1, -0.05) is 30.3 Å². The van der Waals surface area contributed by atoms with Crippen LogP contribution in [0, 0.1) is 13.8 Å². The van der Waals surface area contributed by atoms with E-state index in [9.17, 15) is 0 Å². The normalized spacial score (nSPS) is 11.0. The van der Waals surface area contributed by atoms with E-state index in [0.29, 0.717) is 0 Å². The first-order chi connectivity index (χ1) is 13.2. The molecule has 0 saturated carbocycles. The zero-order valence-corrected chi connectivity index (χ0v) is 15.8. The lowest BCUT2D eigenvalue weighted by atomic mass is 10.1. The molecule has 3 heteroatoms. The number of imidazole rings is 1. The van der Waals surface area contributed by atoms with Crippen LogP contribution in [0.2, 0.25) is 0 Å². The van der Waals surface area contributed by atoms with Gasteiger partial charge in [0.2, 0.25) is 0 Å². The fourth-order valence-electron chi connectivity index (χ4n) is 3.23. The average molecular weight is 356 g/mol. The van der Waals surface area contributed by atoms with Gasteiger partial charge in [0.1, 0.15) is 11.6 Å². The molecule has 0 amide bonds. The van der Waals surface area contributed by atoms with Crippen LogP contribution in [-0.4, -0.2) is 16.6 Å². The molecule has 0 aliphatic carbocycles. The number of H-pyrrole nitrogens is 1. The molecule has 4 aromatic rings. The van der Waals surface area contributed by atoms with E-state index in [-0.39, 0.29) is 0 Å². The van der Waals surface area contributed by atoms with E-state index in [1.54, 1.807) is 0 Å². The lowest BCUT2D eigenvalue weighted by Crippen LogP contribution is -1.99. The summed E-state index contributed by atoms with van der Waals surface area (Å²) in [6, 6.07) is 23.0. The summed E-state index contributed by atoms with van der Waals surface area (Å²) in [7, 11) is 0. The second-order valence-electron chi connectivity index (χ2n) is 7.00. The number of rotatable bonds is 6. The number of fused-ring (bicyclic) bond motifs is 1. The van der Waals surface area contributed by atoms with Crippen LogP contribution in [0.3, 0.4) is 0 Å². The summed E-state index contributed by atoms with van der Waals surface area (Å²) >= 11 is 0. The Hall–Kier alpha value is -3.07. The SMILES string of the molecule is Cc1cc2nc(-c3ccc(OCCCc4ccccc4)cc3)[nH]c2cc1C. The lowest BCUT2D eigenvalue weighted by molar-refractivity contribution is 0.311. The summed E-state index contributed by atoms with van der Waals surface area (Å²) in [6.07, 6.45) is 2.05. The molecule has 0 saturated heterocycles. The number of hydrogen-bond donors (Lipinski definition) is 1. The van der Waals surface area contributed by atoms with Crippen molar-refractivity contribution in [3.8, 4) is 17.1 Å². The van der Waals surface area contributed by atoms with Crippen molar-refractivity contribution in [3.05, 3.63) is 83.4 Å². The predicted octanol–water partition coefficient (Wildman–Crippen LogP) is 5.86. The Labute approximate surface area is 160 Å². The maximum atomic E-state index is 5.88. The molecule has 4 rings (SSSR count). The quantitative estimate of drug-likeness (QED) is 0.440. The predicted molar refractivity (Wildman–Crippen MR) is 111 cm³/mol. The Morgan fingerprint density at radius 1 is 0.889 bits per heavy atom. The van der Waals surface area contributed by atoms with Crippen molar-refractivity contribution in [2.75, 3.05) is 6.61 Å². The number of nitrogens with one attached hydrogen (secondary N) is 1. The first-order valence-electron chi connectivity index (χ1n) is 9.43. The summed E-state index contributed by atoms with van der Waals surface area (Å²) in [5.74, 6) is 1.79. The summed E-state index contributed by atoms with van der Waals surface area (Å²) in [5.41, 5.74) is 7.05. The first-order valence-corrected chi connectivity index (χ1v) is 9.43. The van der Waals surface area contributed by atoms with Gasteiger partial charge < -0.3 is 9.72 Å². The van der Waals surface area contributed by atoms with Gasteiger partial charge in [-0.2, -0.15) is 0 Å². The van der Waals surface area contributed by atoms with Crippen LogP contribution in [0.15, 0.2) is 66.7 Å². The zero-order valence-electron chi connectivity index (χ0n) is 15.8. The minimum Gasteiger partial charge on any atom is -0.494 e. The highest BCUT2D eigenvalue weighted by Gasteiger charge is 2.07. The second kappa shape index (κ2) is 7.67. The molecule has 0 spiro atoms. The monoisotopic (exact) mass is 356 g/mol. The van der Waals surface area contributed by atoms with Crippen LogP contribution in [0.4, 0.5) is 0 Å². The van der Waals surface area contributed by atoms with Crippen molar-refractivity contribution >= 4 is 11.0 Å². The van der Waals surface area contributed by atoms with Gasteiger partial charge in [0.15, 0.2) is 0 Å². The highest BCUT2D eigenvalue weighted by Crippen LogP contribution is 2.24. The molecule has 0 unspecified atom stereocenters. The van der Waals surface area contributed by atoms with E-state index >= 15 is 0 Å². The van der Waals surface area contributed by atoms with Gasteiger partial charge >= 0.3 is 0 Å². The maximum Gasteiger partial charge on any atom is 0.138 e. The molecule has 136 valence electrons. The van der Waals surface area contributed by atoms with Gasteiger partial charge in [-0.25, -0.2) is 4.98 Å². The highest BCUT2D eigenvalue weighted by molar-refractivity contribution is 5.81. The van der Waals surface area contributed by atoms with E-state index in [4.69, 9.17) is 9.72 Å². The molecule has 1 heterocycles. The Balaban J connectivity index is 1.38. The molecule has 1 aromatic heterocycles. The van der Waals surface area contributed by atoms with Crippen molar-refractivity contribution in [3.63, 3.8) is 0 Å². The number of nitrogens with zero attached hydrogens (tertiary/aromatic N) is 1. The van der Waals surface area contributed by atoms with E-state index in [1.807, 2.05) is 18.2 Å². The van der Waals surface area contributed by atoms with Crippen molar-refractivity contribution in [2.24, 2.45) is 0 Å². The molecule has 0 aliphatic rings. The van der Waals surface area contributed by atoms with Gasteiger partial charge in [0, 0.05) is 5.56 Å². The summed E-state index contributed by atoms with van der Waals surface area (Å²) in [5, 5.41) is 0. The van der Waals surface area contributed by atoms with E-state index < -0.39 is 0 Å². The molecule has 0 radical (unpaired) electrons. The topological polar surface area (TPSA) is 37.9 Å². The first kappa shape index (κ1) is 17.3. The largest absolute Gasteiger partial charge is 0.494 e. The number of aromatic amines is 1. The molecule has 0 bridgehead atoms. The summed E-state index contributed by atoms with van der Waals surface area (Å²) in [6.45, 7) is 4.96. The van der Waals surface area contributed by atoms with Crippen LogP contribution >= 0.6 is 0 Å². The van der Waals surface area contributed by atoms with E-state index in [0.717, 1.165) is 47.6 Å². The number of aryl methyl sites for hydroxylation is 3. The molecular weight excluding hydrogens is 332 g/mol. The van der Waals surface area contributed by atoms with Crippen LogP contribution in [0.5, 0.6) is 5.75 Å². The number of benzene rings is 3. The lowest BCUT2D eigenvalue weighted by Gasteiger charge is -2.07. The number of hydrogen-bond acceptors (Lipinski definition) is 2. The Morgan fingerprint density at radius 2 is 1.63 bits per heavy atom. The van der Waals surface area contributed by atoms with Gasteiger partial charge in [0.25, 0.3) is 0 Å². The van der Waals surface area contributed by atoms with E-state index in [2.05, 4.69) is 67.4 Å². The molecule has 27 heavy (non-hydrogen) atoms. The smallest absolute Gasteiger partial charge is 0.138 e. The van der Waals surface area contributed by atoms with Crippen LogP contribution in [0.1, 0.15) is 23.1 Å². The number of ether oxygens (including phenoxy) is 1. The minimum atomic E-state index is 0.720. The molecule has 1 N–H and O–H groups in total. The second-order valence-corrected chi connectivity index (χ2v) is 7.00. The van der Waals surface area contributed by atoms with Gasteiger partial charge in [-0.3, -0.25) is 0 Å². The van der Waals surface area contributed by atoms with Crippen molar-refractivity contribution in [1.82, 2.24) is 9.97 Å². The van der Waals surface area contributed by atoms with Crippen LogP contribution in [-0.2, 0) is 6.42 Å². The Kier molecular flexibility index (Phi) is 4.93. The molecule has 0 atom stereocenters. The standard InChI is InChI=1S/C24H24N2O/c1-17-15-22-23(16-18(17)2)26-24(25-22)20-10-12-21(13-11-20)27-14-6-9-19-7-4-3-5-8-19/h3-5,7-8,10-13,15-16H,6,9,14H2,1-2H3,(H,25,26). The highest BCUT2D eigenvalue weighted by atomic mass is 16.5. The van der Waals surface area contributed by atoms with Crippen LogP contribution in [0.25, 0.3) is 22.4 Å². The van der Waals surface area contributed by atoms with E-state index in [1.165, 1.54) is 16.7 Å². The third-order valence-electron chi connectivity index (χ3n) is 4.95. The summed E-state index contributed by atoms with van der Waals surface area (Å²) in [4.78, 5) is 8.15. The molecule has 3 nitrogen and oxygen atoms in total. The van der Waals surface area contributed by atoms with Gasteiger partial charge in [-0.05, 0) is 79.8 Å². The molecule has 3 aromatic carbocycles. The van der Waals surface area contributed by atoms with Crippen molar-refractivity contribution < 1.29 is 4.74 Å². The van der Waals surface area contributed by atoms with Crippen molar-refractivity contribution in [1.29, 1.82) is 0 Å². The third kappa shape index (κ3) is 4.03. The maximum absolute atomic E-state index is 5.88. The Bertz CT molecular complexity index is 994. The minimum absolute atomic E-state index is 0.720. The zero-order chi connectivity index (χ0) is 18.6. The molecular formula is C24H24N2O. The average Bonchev–Trinajstić information content (AvgIpc) is 3.09. The molecule has 0 aliphatic heterocycles. The fourth-order valence-corrected chi connectivity index (χ4v) is 3.23. The van der Waals surface area contributed by atoms with Crippen LogP contribution < -0.4 is 4.74 Å². The Morgan fingerprint density at radius 3 is 2.41 bits per heavy atom. The fraction of sp³-hybridized carbons (Fsp3) is 0.208.